The van der Waals surface area contributed by atoms with E-state index in [9.17, 15) is 18.4 Å². The van der Waals surface area contributed by atoms with Crippen LogP contribution >= 0.6 is 11.6 Å². The van der Waals surface area contributed by atoms with Crippen LogP contribution in [0, 0.1) is 11.6 Å². The second-order valence-corrected chi connectivity index (χ2v) is 6.77. The van der Waals surface area contributed by atoms with Gasteiger partial charge in [-0.1, -0.05) is 11.6 Å². The minimum atomic E-state index is -0.741. The van der Waals surface area contributed by atoms with Crippen LogP contribution in [0.1, 0.15) is 26.3 Å². The molecule has 0 aliphatic carbocycles. The first-order valence-electron chi connectivity index (χ1n) is 8.74. The molecule has 0 spiro atoms. The molecule has 8 heteroatoms. The van der Waals surface area contributed by atoms with Gasteiger partial charge in [-0.25, -0.2) is 8.78 Å². The summed E-state index contributed by atoms with van der Waals surface area (Å²) < 4.78 is 27.9. The zero-order chi connectivity index (χ0) is 21.3. The van der Waals surface area contributed by atoms with Crippen molar-refractivity contribution in [2.75, 3.05) is 5.32 Å². The van der Waals surface area contributed by atoms with Gasteiger partial charge in [0, 0.05) is 29.2 Å². The third-order valence-electron chi connectivity index (χ3n) is 4.38. The summed E-state index contributed by atoms with van der Waals surface area (Å²) in [6.45, 7) is 0. The van der Waals surface area contributed by atoms with E-state index in [1.54, 1.807) is 6.07 Å². The van der Waals surface area contributed by atoms with Crippen LogP contribution in [0.5, 0.6) is 0 Å². The fraction of sp³-hybridized carbons (Fsp3) is 0. The van der Waals surface area contributed by atoms with Crippen LogP contribution in [0.25, 0.3) is 11.0 Å². The summed E-state index contributed by atoms with van der Waals surface area (Å²) >= 11 is 5.62. The van der Waals surface area contributed by atoms with Gasteiger partial charge in [-0.05, 0) is 54.6 Å². The van der Waals surface area contributed by atoms with Crippen LogP contribution in [-0.4, -0.2) is 21.7 Å². The lowest BCUT2D eigenvalue weighted by Crippen LogP contribution is -2.13. The number of anilines is 1. The molecule has 1 N–H and O–H groups in total. The predicted octanol–water partition coefficient (Wildman–Crippen LogP) is 5.04. The summed E-state index contributed by atoms with van der Waals surface area (Å²) in [6.07, 6.45) is 3.02. The highest BCUT2D eigenvalue weighted by molar-refractivity contribution is 6.30. The molecule has 30 heavy (non-hydrogen) atoms. The Bertz CT molecular complexity index is 1310. The Hall–Kier alpha value is -3.71. The molecule has 4 aromatic rings. The lowest BCUT2D eigenvalue weighted by molar-refractivity contribution is 0.101. The molecule has 0 atom stereocenters. The number of hydrogen-bond donors (Lipinski definition) is 1. The largest absolute Gasteiger partial charge is 0.322 e. The van der Waals surface area contributed by atoms with Crippen molar-refractivity contribution in [3.05, 3.63) is 100 Å². The second kappa shape index (κ2) is 7.96. The van der Waals surface area contributed by atoms with Crippen molar-refractivity contribution < 1.29 is 18.4 Å². The van der Waals surface area contributed by atoms with Crippen molar-refractivity contribution in [3.8, 4) is 0 Å². The van der Waals surface area contributed by atoms with E-state index >= 15 is 0 Å². The van der Waals surface area contributed by atoms with Crippen LogP contribution in [-0.2, 0) is 0 Å². The van der Waals surface area contributed by atoms with E-state index < -0.39 is 23.3 Å². The Balaban J connectivity index is 1.62. The maximum Gasteiger partial charge on any atom is 0.255 e. The summed E-state index contributed by atoms with van der Waals surface area (Å²) in [5, 5.41) is 2.41. The molecule has 1 amide bonds. The molecule has 0 saturated carbocycles. The first-order chi connectivity index (χ1) is 14.4. The molecule has 0 aliphatic rings. The fourth-order valence-electron chi connectivity index (χ4n) is 2.88. The number of nitrogens with one attached hydrogen (secondary N) is 1. The average molecular weight is 424 g/mol. The normalized spacial score (nSPS) is 10.8. The van der Waals surface area contributed by atoms with E-state index in [0.717, 1.165) is 12.1 Å². The van der Waals surface area contributed by atoms with E-state index in [0.29, 0.717) is 11.0 Å². The van der Waals surface area contributed by atoms with Crippen LogP contribution in [0.4, 0.5) is 14.5 Å². The number of benzene rings is 3. The number of amides is 1. The molecule has 0 aliphatic heterocycles. The van der Waals surface area contributed by atoms with E-state index in [-0.39, 0.29) is 27.4 Å². The van der Waals surface area contributed by atoms with Crippen LogP contribution in [0.3, 0.4) is 0 Å². The van der Waals surface area contributed by atoms with Crippen molar-refractivity contribution in [1.82, 2.24) is 9.97 Å². The minimum Gasteiger partial charge on any atom is -0.322 e. The first-order valence-corrected chi connectivity index (χ1v) is 9.11. The number of hydrogen-bond acceptors (Lipinski definition) is 4. The van der Waals surface area contributed by atoms with Crippen LogP contribution < -0.4 is 5.32 Å². The molecule has 148 valence electrons. The van der Waals surface area contributed by atoms with Gasteiger partial charge in [-0.2, -0.15) is 0 Å². The monoisotopic (exact) mass is 423 g/mol. The third kappa shape index (κ3) is 3.88. The molecular weight excluding hydrogens is 412 g/mol. The zero-order valence-electron chi connectivity index (χ0n) is 15.2. The average Bonchev–Trinajstić information content (AvgIpc) is 2.76. The van der Waals surface area contributed by atoms with Gasteiger partial charge in [-0.3, -0.25) is 19.6 Å². The number of fused-ring (bicyclic) bond motifs is 1. The molecule has 1 aromatic heterocycles. The van der Waals surface area contributed by atoms with Gasteiger partial charge in [0.1, 0.15) is 11.6 Å². The van der Waals surface area contributed by atoms with Gasteiger partial charge in [0.2, 0.25) is 0 Å². The molecule has 0 saturated heterocycles. The van der Waals surface area contributed by atoms with Crippen molar-refractivity contribution >= 4 is 40.0 Å². The van der Waals surface area contributed by atoms with Gasteiger partial charge >= 0.3 is 0 Å². The molecule has 5 nitrogen and oxygen atoms in total. The lowest BCUT2D eigenvalue weighted by Gasteiger charge is -2.09. The lowest BCUT2D eigenvalue weighted by atomic mass is 10.0. The Morgan fingerprint density at radius 1 is 0.800 bits per heavy atom. The summed E-state index contributed by atoms with van der Waals surface area (Å²) in [6, 6.07) is 11.9. The smallest absolute Gasteiger partial charge is 0.255 e. The molecule has 0 fully saturated rings. The quantitative estimate of drug-likeness (QED) is 0.466. The molecule has 0 unspecified atom stereocenters. The van der Waals surface area contributed by atoms with Gasteiger partial charge < -0.3 is 5.32 Å². The summed E-state index contributed by atoms with van der Waals surface area (Å²) in [5.41, 5.74) is 1.31. The molecule has 3 aromatic carbocycles. The summed E-state index contributed by atoms with van der Waals surface area (Å²) in [7, 11) is 0. The topological polar surface area (TPSA) is 72.0 Å². The maximum absolute atomic E-state index is 14.4. The van der Waals surface area contributed by atoms with Crippen molar-refractivity contribution in [2.24, 2.45) is 0 Å². The molecule has 0 radical (unpaired) electrons. The van der Waals surface area contributed by atoms with Gasteiger partial charge in [-0.15, -0.1) is 0 Å². The Morgan fingerprint density at radius 3 is 2.30 bits per heavy atom. The molecule has 1 heterocycles. The van der Waals surface area contributed by atoms with Crippen LogP contribution in [0.15, 0.2) is 67.0 Å². The van der Waals surface area contributed by atoms with Gasteiger partial charge in [0.15, 0.2) is 5.78 Å². The SMILES string of the molecule is O=C(Nc1ccc(F)c(C(=O)c2ccc3nccnc3c2)c1)c1ccc(Cl)c(F)c1. The Morgan fingerprint density at radius 2 is 1.53 bits per heavy atom. The molecule has 0 bridgehead atoms. The molecular formula is C22H12ClF2N3O2. The fourth-order valence-corrected chi connectivity index (χ4v) is 3.00. The summed E-state index contributed by atoms with van der Waals surface area (Å²) in [4.78, 5) is 33.4. The number of halogens is 3. The number of carbonyl (C=O) groups is 2. The van der Waals surface area contributed by atoms with Gasteiger partial charge in [0.25, 0.3) is 5.91 Å². The molecule has 4 rings (SSSR count). The maximum atomic E-state index is 14.4. The summed E-state index contributed by atoms with van der Waals surface area (Å²) in [5.74, 6) is -2.68. The second-order valence-electron chi connectivity index (χ2n) is 6.37. The zero-order valence-corrected chi connectivity index (χ0v) is 16.0. The van der Waals surface area contributed by atoms with Gasteiger partial charge in [0.05, 0.1) is 21.6 Å². The number of rotatable bonds is 4. The minimum absolute atomic E-state index is 0.0298. The highest BCUT2D eigenvalue weighted by Gasteiger charge is 2.17. The number of carbonyl (C=O) groups excluding carboxylic acids is 2. The Kier molecular flexibility index (Phi) is 5.20. The highest BCUT2D eigenvalue weighted by Crippen LogP contribution is 2.22. The number of aromatic nitrogens is 2. The van der Waals surface area contributed by atoms with E-state index in [2.05, 4.69) is 15.3 Å². The van der Waals surface area contributed by atoms with Crippen molar-refractivity contribution in [1.29, 1.82) is 0 Å². The third-order valence-corrected chi connectivity index (χ3v) is 4.69. The highest BCUT2D eigenvalue weighted by atomic mass is 35.5. The van der Waals surface area contributed by atoms with E-state index in [4.69, 9.17) is 11.6 Å². The number of ketones is 1. The van der Waals surface area contributed by atoms with Crippen LogP contribution in [0.2, 0.25) is 5.02 Å². The van der Waals surface area contributed by atoms with E-state index in [1.807, 2.05) is 0 Å². The first kappa shape index (κ1) is 19.6. The van der Waals surface area contributed by atoms with Crippen molar-refractivity contribution in [3.63, 3.8) is 0 Å². The predicted molar refractivity (Wildman–Crippen MR) is 109 cm³/mol. The standard InChI is InChI=1S/C22H12ClF2N3O2/c23-16-4-1-13(9-18(16)25)22(30)28-14-3-5-17(24)15(11-14)21(29)12-2-6-19-20(10-12)27-8-7-26-19/h1-11H,(H,28,30). The van der Waals surface area contributed by atoms with E-state index in [1.165, 1.54) is 48.8 Å². The Labute approximate surface area is 174 Å². The number of nitrogens with zero attached hydrogens (tertiary/aromatic N) is 2. The van der Waals surface area contributed by atoms with Crippen molar-refractivity contribution in [2.45, 2.75) is 0 Å².